The van der Waals surface area contributed by atoms with E-state index in [1.807, 2.05) is 18.2 Å². The molecule has 0 spiro atoms. The smallest absolute Gasteiger partial charge is 0.250 e. The van der Waals surface area contributed by atoms with Crippen molar-refractivity contribution in [2.75, 3.05) is 6.54 Å². The third kappa shape index (κ3) is 2.66. The molecule has 0 saturated carbocycles. The summed E-state index contributed by atoms with van der Waals surface area (Å²) in [6, 6.07) is 5.48. The molecule has 1 atom stereocenters. The molecule has 18 heavy (non-hydrogen) atoms. The van der Waals surface area contributed by atoms with Gasteiger partial charge in [0.1, 0.15) is 11.6 Å². The van der Waals surface area contributed by atoms with Gasteiger partial charge in [-0.1, -0.05) is 6.07 Å². The Kier molecular flexibility index (Phi) is 3.59. The summed E-state index contributed by atoms with van der Waals surface area (Å²) in [6.45, 7) is 2.00. The number of nitrogens with one attached hydrogen (secondary N) is 1. The van der Waals surface area contributed by atoms with Gasteiger partial charge in [0, 0.05) is 20.0 Å². The average Bonchev–Trinajstić information content (AvgIpc) is 2.74. The molecule has 0 aliphatic heterocycles. The number of oxazole rings is 1. The normalized spacial score (nSPS) is 12.6. The molecule has 0 saturated heterocycles. The first-order chi connectivity index (χ1) is 8.60. The van der Waals surface area contributed by atoms with Crippen LogP contribution in [-0.4, -0.2) is 28.6 Å². The second-order valence-electron chi connectivity index (χ2n) is 4.00. The molecule has 0 fully saturated rings. The van der Waals surface area contributed by atoms with Gasteiger partial charge in [-0.05, 0) is 17.7 Å². The van der Waals surface area contributed by atoms with Crippen molar-refractivity contribution in [3.8, 4) is 0 Å². The maximum absolute atomic E-state index is 11.3. The Balaban J connectivity index is 2.05. The van der Waals surface area contributed by atoms with Crippen LogP contribution in [0.15, 0.2) is 22.6 Å². The van der Waals surface area contributed by atoms with Crippen molar-refractivity contribution in [1.29, 1.82) is 0 Å². The number of hydrogen-bond donors (Lipinski definition) is 3. The zero-order valence-electron chi connectivity index (χ0n) is 10.0. The topological polar surface area (TPSA) is 101 Å². The quantitative estimate of drug-likeness (QED) is 0.712. The van der Waals surface area contributed by atoms with Crippen LogP contribution in [0.2, 0.25) is 0 Å². The lowest BCUT2D eigenvalue weighted by molar-refractivity contribution is -0.128. The molecule has 1 amide bonds. The van der Waals surface area contributed by atoms with E-state index in [9.17, 15) is 9.90 Å². The van der Waals surface area contributed by atoms with Gasteiger partial charge in [-0.15, -0.1) is 0 Å². The maximum Gasteiger partial charge on any atom is 0.250 e. The summed E-state index contributed by atoms with van der Waals surface area (Å²) in [4.78, 5) is 15.5. The number of aliphatic hydroxyl groups excluding tert-OH is 1. The summed E-state index contributed by atoms with van der Waals surface area (Å²) in [5.41, 5.74) is 7.52. The van der Waals surface area contributed by atoms with E-state index < -0.39 is 12.0 Å². The van der Waals surface area contributed by atoms with E-state index >= 15 is 0 Å². The summed E-state index contributed by atoms with van der Waals surface area (Å²) >= 11 is 0. The highest BCUT2D eigenvalue weighted by Gasteiger charge is 2.12. The lowest BCUT2D eigenvalue weighted by Crippen LogP contribution is -2.38. The molecule has 1 heterocycles. The predicted octanol–water partition coefficient (Wildman–Crippen LogP) is 0.0720. The number of amides is 1. The summed E-state index contributed by atoms with van der Waals surface area (Å²) in [7, 11) is 0. The van der Waals surface area contributed by atoms with E-state index in [0.29, 0.717) is 18.0 Å². The van der Waals surface area contributed by atoms with Gasteiger partial charge in [0.05, 0.1) is 0 Å². The van der Waals surface area contributed by atoms with Gasteiger partial charge in [0.25, 0.3) is 0 Å². The Bertz CT molecular complexity index is 565. The van der Waals surface area contributed by atoms with E-state index in [1.54, 1.807) is 6.92 Å². The van der Waals surface area contributed by atoms with E-state index in [2.05, 4.69) is 10.3 Å². The average molecular weight is 249 g/mol. The van der Waals surface area contributed by atoms with Crippen LogP contribution >= 0.6 is 0 Å². The second-order valence-corrected chi connectivity index (χ2v) is 4.00. The van der Waals surface area contributed by atoms with Gasteiger partial charge in [-0.2, -0.15) is 0 Å². The molecular formula is C12H15N3O3. The van der Waals surface area contributed by atoms with Crippen molar-refractivity contribution in [1.82, 2.24) is 10.3 Å². The minimum atomic E-state index is -1.17. The zero-order valence-corrected chi connectivity index (χ0v) is 10.0. The van der Waals surface area contributed by atoms with Gasteiger partial charge in [0.15, 0.2) is 11.5 Å². The first-order valence-corrected chi connectivity index (χ1v) is 5.62. The number of nitrogens with zero attached hydrogens (tertiary/aromatic N) is 1. The first-order valence-electron chi connectivity index (χ1n) is 5.62. The molecule has 2 aromatic rings. The van der Waals surface area contributed by atoms with E-state index in [4.69, 9.17) is 10.2 Å². The minimum Gasteiger partial charge on any atom is -0.441 e. The van der Waals surface area contributed by atoms with Crippen LogP contribution in [0, 0.1) is 6.92 Å². The first kappa shape index (κ1) is 12.5. The van der Waals surface area contributed by atoms with E-state index in [1.165, 1.54) is 0 Å². The molecule has 0 aliphatic rings. The number of fused-ring (bicyclic) bond motifs is 1. The number of benzene rings is 1. The summed E-state index contributed by atoms with van der Waals surface area (Å²) in [5.74, 6) is 0.121. The number of aromatic nitrogens is 1. The monoisotopic (exact) mass is 249 g/mol. The van der Waals surface area contributed by atoms with Crippen molar-refractivity contribution in [2.24, 2.45) is 5.73 Å². The SMILES string of the molecule is Cc1nc2ccc(CNC(=O)C(O)CN)cc2o1. The molecule has 96 valence electrons. The number of carbonyl (C=O) groups is 1. The van der Waals surface area contributed by atoms with Gasteiger partial charge < -0.3 is 20.6 Å². The van der Waals surface area contributed by atoms with Crippen LogP contribution in [-0.2, 0) is 11.3 Å². The lowest BCUT2D eigenvalue weighted by Gasteiger charge is -2.08. The highest BCUT2D eigenvalue weighted by molar-refractivity contribution is 5.81. The van der Waals surface area contributed by atoms with Crippen molar-refractivity contribution >= 4 is 17.0 Å². The van der Waals surface area contributed by atoms with Crippen LogP contribution in [0.3, 0.4) is 0 Å². The number of aryl methyl sites for hydroxylation is 1. The van der Waals surface area contributed by atoms with Crippen LogP contribution in [0.25, 0.3) is 11.1 Å². The van der Waals surface area contributed by atoms with Crippen LogP contribution in [0.5, 0.6) is 0 Å². The van der Waals surface area contributed by atoms with Crippen molar-refractivity contribution in [3.05, 3.63) is 29.7 Å². The summed E-state index contributed by atoms with van der Waals surface area (Å²) < 4.78 is 5.39. The lowest BCUT2D eigenvalue weighted by atomic mass is 10.2. The Labute approximate surface area is 104 Å². The standard InChI is InChI=1S/C12H15N3O3/c1-7-15-9-3-2-8(4-11(9)18-7)6-14-12(17)10(16)5-13/h2-4,10,16H,5-6,13H2,1H3,(H,14,17). The fourth-order valence-electron chi connectivity index (χ4n) is 1.61. The number of rotatable bonds is 4. The van der Waals surface area contributed by atoms with Gasteiger partial charge in [-0.3, -0.25) is 4.79 Å². The molecule has 1 unspecified atom stereocenters. The fourth-order valence-corrected chi connectivity index (χ4v) is 1.61. The zero-order chi connectivity index (χ0) is 13.1. The van der Waals surface area contributed by atoms with Crippen LogP contribution < -0.4 is 11.1 Å². The molecule has 2 rings (SSSR count). The minimum absolute atomic E-state index is 0.0911. The third-order valence-electron chi connectivity index (χ3n) is 2.55. The number of aliphatic hydroxyl groups is 1. The van der Waals surface area contributed by atoms with Gasteiger partial charge >= 0.3 is 0 Å². The molecular weight excluding hydrogens is 234 g/mol. The van der Waals surface area contributed by atoms with Crippen molar-refractivity contribution < 1.29 is 14.3 Å². The predicted molar refractivity (Wildman–Crippen MR) is 65.7 cm³/mol. The largest absolute Gasteiger partial charge is 0.441 e. The Morgan fingerprint density at radius 3 is 3.11 bits per heavy atom. The van der Waals surface area contributed by atoms with Gasteiger partial charge in [-0.25, -0.2) is 4.98 Å². The van der Waals surface area contributed by atoms with Crippen molar-refractivity contribution in [3.63, 3.8) is 0 Å². The fraction of sp³-hybridized carbons (Fsp3) is 0.333. The molecule has 1 aromatic heterocycles. The van der Waals surface area contributed by atoms with E-state index in [0.717, 1.165) is 11.1 Å². The van der Waals surface area contributed by atoms with Crippen LogP contribution in [0.4, 0.5) is 0 Å². The highest BCUT2D eigenvalue weighted by Crippen LogP contribution is 2.16. The molecule has 1 aromatic carbocycles. The van der Waals surface area contributed by atoms with E-state index in [-0.39, 0.29) is 6.54 Å². The Hall–Kier alpha value is -1.92. The third-order valence-corrected chi connectivity index (χ3v) is 2.55. The molecule has 4 N–H and O–H groups in total. The highest BCUT2D eigenvalue weighted by atomic mass is 16.3. The molecule has 6 heteroatoms. The molecule has 0 radical (unpaired) electrons. The number of carbonyl (C=O) groups excluding carboxylic acids is 1. The summed E-state index contributed by atoms with van der Waals surface area (Å²) in [5, 5.41) is 11.8. The van der Waals surface area contributed by atoms with Crippen LogP contribution in [0.1, 0.15) is 11.5 Å². The Morgan fingerprint density at radius 2 is 2.39 bits per heavy atom. The van der Waals surface area contributed by atoms with Gasteiger partial charge in [0.2, 0.25) is 5.91 Å². The molecule has 0 bridgehead atoms. The summed E-state index contributed by atoms with van der Waals surface area (Å²) in [6.07, 6.45) is -1.17. The Morgan fingerprint density at radius 1 is 1.61 bits per heavy atom. The second kappa shape index (κ2) is 5.16. The molecule has 0 aliphatic carbocycles. The number of hydrogen-bond acceptors (Lipinski definition) is 5. The molecule has 6 nitrogen and oxygen atoms in total. The number of nitrogens with two attached hydrogens (primary N) is 1. The maximum atomic E-state index is 11.3. The van der Waals surface area contributed by atoms with Crippen molar-refractivity contribution in [2.45, 2.75) is 19.6 Å².